The van der Waals surface area contributed by atoms with Gasteiger partial charge in [0.15, 0.2) is 11.5 Å². The van der Waals surface area contributed by atoms with Crippen molar-refractivity contribution in [2.75, 3.05) is 20.8 Å². The third-order valence-corrected chi connectivity index (χ3v) is 3.77. The highest BCUT2D eigenvalue weighted by molar-refractivity contribution is 6.31. The molecule has 1 fully saturated rings. The van der Waals surface area contributed by atoms with Gasteiger partial charge in [-0.25, -0.2) is 0 Å². The first-order chi connectivity index (χ1) is 9.15. The Bertz CT molecular complexity index is 433. The minimum Gasteiger partial charge on any atom is -0.493 e. The average molecular weight is 286 g/mol. The molecule has 1 aliphatic rings. The number of methoxy groups -OCH3 is 2. The van der Waals surface area contributed by atoms with Crippen molar-refractivity contribution in [1.82, 2.24) is 0 Å². The van der Waals surface area contributed by atoms with Gasteiger partial charge >= 0.3 is 0 Å². The van der Waals surface area contributed by atoms with Crippen LogP contribution in [-0.2, 0) is 4.74 Å². The van der Waals surface area contributed by atoms with Crippen molar-refractivity contribution >= 4 is 11.6 Å². The molecular formula is C14H20ClNO3. The fourth-order valence-corrected chi connectivity index (χ4v) is 2.69. The summed E-state index contributed by atoms with van der Waals surface area (Å²) in [6.07, 6.45) is 3.18. The lowest BCUT2D eigenvalue weighted by Crippen LogP contribution is -2.18. The normalized spacial score (nSPS) is 20.3. The molecule has 0 aromatic heterocycles. The molecule has 4 nitrogen and oxygen atoms in total. The van der Waals surface area contributed by atoms with Crippen LogP contribution in [-0.4, -0.2) is 26.9 Å². The molecule has 0 bridgehead atoms. The van der Waals surface area contributed by atoms with E-state index in [0.717, 1.165) is 31.4 Å². The molecule has 2 N–H and O–H groups in total. The smallest absolute Gasteiger partial charge is 0.162 e. The Morgan fingerprint density at radius 1 is 1.37 bits per heavy atom. The Balaban J connectivity index is 2.17. The van der Waals surface area contributed by atoms with Gasteiger partial charge in [-0.1, -0.05) is 11.6 Å². The third kappa shape index (κ3) is 3.32. The second-order valence-electron chi connectivity index (χ2n) is 4.71. The molecule has 0 spiro atoms. The first-order valence-electron chi connectivity index (χ1n) is 6.44. The quantitative estimate of drug-likeness (QED) is 0.904. The molecule has 1 aromatic carbocycles. The number of benzene rings is 1. The summed E-state index contributed by atoms with van der Waals surface area (Å²) in [5.41, 5.74) is 7.10. The molecule has 106 valence electrons. The molecule has 1 heterocycles. The standard InChI is InChI=1S/C14H20ClNO3/c1-17-13-7-10(11(15)8-14(13)18-2)12(16)6-9-4-3-5-19-9/h7-9,12H,3-6,16H2,1-2H3. The van der Waals surface area contributed by atoms with Crippen LogP contribution in [0, 0.1) is 0 Å². The first-order valence-corrected chi connectivity index (χ1v) is 6.82. The van der Waals surface area contributed by atoms with Crippen LogP contribution in [0.4, 0.5) is 0 Å². The van der Waals surface area contributed by atoms with E-state index < -0.39 is 0 Å². The van der Waals surface area contributed by atoms with Gasteiger partial charge in [-0.3, -0.25) is 0 Å². The van der Waals surface area contributed by atoms with Crippen LogP contribution >= 0.6 is 11.6 Å². The van der Waals surface area contributed by atoms with Gasteiger partial charge in [0.05, 0.1) is 20.3 Å². The number of halogens is 1. The van der Waals surface area contributed by atoms with E-state index in [-0.39, 0.29) is 12.1 Å². The van der Waals surface area contributed by atoms with E-state index in [0.29, 0.717) is 16.5 Å². The molecular weight excluding hydrogens is 266 g/mol. The van der Waals surface area contributed by atoms with Crippen LogP contribution in [0.15, 0.2) is 12.1 Å². The topological polar surface area (TPSA) is 53.7 Å². The molecule has 0 radical (unpaired) electrons. The zero-order valence-electron chi connectivity index (χ0n) is 11.3. The highest BCUT2D eigenvalue weighted by Crippen LogP contribution is 2.37. The Morgan fingerprint density at radius 2 is 2.05 bits per heavy atom. The van der Waals surface area contributed by atoms with Crippen molar-refractivity contribution in [2.45, 2.75) is 31.4 Å². The van der Waals surface area contributed by atoms with Crippen LogP contribution in [0.2, 0.25) is 5.02 Å². The molecule has 2 atom stereocenters. The van der Waals surface area contributed by atoms with Gasteiger partial charge in [-0.05, 0) is 30.9 Å². The van der Waals surface area contributed by atoms with Crippen molar-refractivity contribution in [3.8, 4) is 11.5 Å². The van der Waals surface area contributed by atoms with Crippen LogP contribution < -0.4 is 15.2 Å². The van der Waals surface area contributed by atoms with Crippen LogP contribution in [0.25, 0.3) is 0 Å². The molecule has 2 rings (SSSR count). The average Bonchev–Trinajstić information content (AvgIpc) is 2.90. The lowest BCUT2D eigenvalue weighted by atomic mass is 9.99. The van der Waals surface area contributed by atoms with Gasteiger partial charge in [0.2, 0.25) is 0 Å². The van der Waals surface area contributed by atoms with Gasteiger partial charge in [-0.15, -0.1) is 0 Å². The maximum atomic E-state index is 6.26. The Morgan fingerprint density at radius 3 is 2.63 bits per heavy atom. The summed E-state index contributed by atoms with van der Waals surface area (Å²) in [5, 5.41) is 0.600. The minimum absolute atomic E-state index is 0.157. The predicted octanol–water partition coefficient (Wildman–Crippen LogP) is 2.93. The zero-order chi connectivity index (χ0) is 13.8. The van der Waals surface area contributed by atoms with Gasteiger partial charge in [0.1, 0.15) is 0 Å². The van der Waals surface area contributed by atoms with Crippen LogP contribution in [0.1, 0.15) is 30.9 Å². The maximum Gasteiger partial charge on any atom is 0.162 e. The van der Waals surface area contributed by atoms with Crippen molar-refractivity contribution < 1.29 is 14.2 Å². The fraction of sp³-hybridized carbons (Fsp3) is 0.571. The summed E-state index contributed by atoms with van der Waals surface area (Å²) in [7, 11) is 3.18. The van der Waals surface area contributed by atoms with E-state index in [2.05, 4.69) is 0 Å². The number of rotatable bonds is 5. The molecule has 19 heavy (non-hydrogen) atoms. The highest BCUT2D eigenvalue weighted by atomic mass is 35.5. The predicted molar refractivity (Wildman–Crippen MR) is 75.1 cm³/mol. The van der Waals surface area contributed by atoms with E-state index in [9.17, 15) is 0 Å². The summed E-state index contributed by atoms with van der Waals surface area (Å²) in [4.78, 5) is 0. The summed E-state index contributed by atoms with van der Waals surface area (Å²) in [5.74, 6) is 1.25. The number of hydrogen-bond donors (Lipinski definition) is 1. The Labute approximate surface area is 118 Å². The maximum absolute atomic E-state index is 6.26. The zero-order valence-corrected chi connectivity index (χ0v) is 12.1. The molecule has 1 saturated heterocycles. The van der Waals surface area contributed by atoms with Crippen molar-refractivity contribution in [3.63, 3.8) is 0 Å². The lowest BCUT2D eigenvalue weighted by molar-refractivity contribution is 0.0983. The van der Waals surface area contributed by atoms with Crippen LogP contribution in [0.3, 0.4) is 0 Å². The summed E-state index contributed by atoms with van der Waals surface area (Å²) >= 11 is 6.26. The van der Waals surface area contributed by atoms with Gasteiger partial charge < -0.3 is 19.9 Å². The number of ether oxygens (including phenoxy) is 3. The molecule has 2 unspecified atom stereocenters. The SMILES string of the molecule is COc1cc(Cl)c(C(N)CC2CCCO2)cc1OC. The largest absolute Gasteiger partial charge is 0.493 e. The van der Waals surface area contributed by atoms with E-state index >= 15 is 0 Å². The van der Waals surface area contributed by atoms with Gasteiger partial charge in [0, 0.05) is 23.7 Å². The highest BCUT2D eigenvalue weighted by Gasteiger charge is 2.22. The van der Waals surface area contributed by atoms with Crippen molar-refractivity contribution in [2.24, 2.45) is 5.73 Å². The molecule has 1 aliphatic heterocycles. The van der Waals surface area contributed by atoms with Crippen LogP contribution in [0.5, 0.6) is 11.5 Å². The second kappa shape index (κ2) is 6.46. The van der Waals surface area contributed by atoms with E-state index in [1.807, 2.05) is 6.07 Å². The molecule has 0 amide bonds. The third-order valence-electron chi connectivity index (χ3n) is 3.44. The first kappa shape index (κ1) is 14.4. The minimum atomic E-state index is -0.157. The number of hydrogen-bond acceptors (Lipinski definition) is 4. The summed E-state index contributed by atoms with van der Waals surface area (Å²) in [6, 6.07) is 3.43. The van der Waals surface area contributed by atoms with Gasteiger partial charge in [-0.2, -0.15) is 0 Å². The second-order valence-corrected chi connectivity index (χ2v) is 5.11. The Kier molecular flexibility index (Phi) is 4.91. The van der Waals surface area contributed by atoms with Crippen molar-refractivity contribution in [3.05, 3.63) is 22.7 Å². The van der Waals surface area contributed by atoms with Gasteiger partial charge in [0.25, 0.3) is 0 Å². The van der Waals surface area contributed by atoms with E-state index in [1.165, 1.54) is 0 Å². The van der Waals surface area contributed by atoms with E-state index in [1.54, 1.807) is 20.3 Å². The summed E-state index contributed by atoms with van der Waals surface area (Å²) in [6.45, 7) is 0.830. The summed E-state index contributed by atoms with van der Waals surface area (Å²) < 4.78 is 16.1. The fourth-order valence-electron chi connectivity index (χ4n) is 2.39. The van der Waals surface area contributed by atoms with E-state index in [4.69, 9.17) is 31.5 Å². The molecule has 1 aromatic rings. The number of nitrogens with two attached hydrogens (primary N) is 1. The van der Waals surface area contributed by atoms with Crippen molar-refractivity contribution in [1.29, 1.82) is 0 Å². The monoisotopic (exact) mass is 285 g/mol. The Hall–Kier alpha value is -0.970. The molecule has 5 heteroatoms. The molecule has 0 aliphatic carbocycles. The lowest BCUT2D eigenvalue weighted by Gasteiger charge is -2.19. The molecule has 0 saturated carbocycles.